The number of ether oxygens (including phenoxy) is 1. The van der Waals surface area contributed by atoms with Crippen LogP contribution in [0.3, 0.4) is 0 Å². The number of halogens is 2. The number of carbonyl (C=O) groups is 2. The second-order valence-corrected chi connectivity index (χ2v) is 4.97. The third-order valence-electron chi connectivity index (χ3n) is 2.21. The average Bonchev–Trinajstić information content (AvgIpc) is 2.26. The third kappa shape index (κ3) is 4.13. The van der Waals surface area contributed by atoms with E-state index in [2.05, 4.69) is 20.7 Å². The SMILES string of the molecule is COC(=O)Cc1cc(Br)cc(C(Cl)C(C)=O)c1. The van der Waals surface area contributed by atoms with Gasteiger partial charge in [-0.25, -0.2) is 0 Å². The first kappa shape index (κ1) is 14.2. The van der Waals surface area contributed by atoms with Gasteiger partial charge in [0.25, 0.3) is 0 Å². The number of benzene rings is 1. The number of methoxy groups -OCH3 is 1. The number of hydrogen-bond donors (Lipinski definition) is 0. The largest absolute Gasteiger partial charge is 0.469 e. The van der Waals surface area contributed by atoms with Gasteiger partial charge in [-0.2, -0.15) is 0 Å². The summed E-state index contributed by atoms with van der Waals surface area (Å²) in [4.78, 5) is 22.4. The quantitative estimate of drug-likeness (QED) is 0.633. The van der Waals surface area contributed by atoms with Crippen LogP contribution in [0.5, 0.6) is 0 Å². The van der Waals surface area contributed by atoms with Crippen LogP contribution < -0.4 is 0 Å². The molecule has 1 aromatic rings. The Bertz CT molecular complexity index is 445. The molecule has 1 unspecified atom stereocenters. The van der Waals surface area contributed by atoms with Crippen LogP contribution in [-0.4, -0.2) is 18.9 Å². The zero-order valence-corrected chi connectivity index (χ0v) is 11.8. The number of esters is 1. The molecule has 0 fully saturated rings. The van der Waals surface area contributed by atoms with Crippen LogP contribution in [0.15, 0.2) is 22.7 Å². The van der Waals surface area contributed by atoms with Crippen LogP contribution in [0.25, 0.3) is 0 Å². The van der Waals surface area contributed by atoms with E-state index in [1.165, 1.54) is 14.0 Å². The van der Waals surface area contributed by atoms with Crippen molar-refractivity contribution in [3.8, 4) is 0 Å². The van der Waals surface area contributed by atoms with Gasteiger partial charge in [-0.05, 0) is 30.2 Å². The number of hydrogen-bond acceptors (Lipinski definition) is 3. The highest BCUT2D eigenvalue weighted by Gasteiger charge is 2.15. The summed E-state index contributed by atoms with van der Waals surface area (Å²) in [7, 11) is 1.33. The first-order chi connectivity index (χ1) is 7.93. The lowest BCUT2D eigenvalue weighted by atomic mass is 10.0. The van der Waals surface area contributed by atoms with Gasteiger partial charge in [0.05, 0.1) is 13.5 Å². The van der Waals surface area contributed by atoms with Crippen LogP contribution in [0.2, 0.25) is 0 Å². The number of Topliss-reactive ketones (excluding diaryl/α,β-unsaturated/α-hetero) is 1. The fourth-order valence-corrected chi connectivity index (χ4v) is 2.08. The predicted octanol–water partition coefficient (Wildman–Crippen LogP) is 3.03. The van der Waals surface area contributed by atoms with Gasteiger partial charge in [0.1, 0.15) is 5.38 Å². The second-order valence-electron chi connectivity index (χ2n) is 3.62. The molecule has 0 aromatic heterocycles. The molecule has 0 saturated carbocycles. The summed E-state index contributed by atoms with van der Waals surface area (Å²) in [5.74, 6) is -0.461. The predicted molar refractivity (Wildman–Crippen MR) is 69.1 cm³/mol. The molecular weight excluding hydrogens is 307 g/mol. The fourth-order valence-electron chi connectivity index (χ4n) is 1.40. The van der Waals surface area contributed by atoms with Crippen molar-refractivity contribution in [3.05, 3.63) is 33.8 Å². The summed E-state index contributed by atoms with van der Waals surface area (Å²) in [6, 6.07) is 5.30. The summed E-state index contributed by atoms with van der Waals surface area (Å²) in [5, 5.41) is -0.691. The van der Waals surface area contributed by atoms with E-state index in [-0.39, 0.29) is 18.2 Å². The molecule has 17 heavy (non-hydrogen) atoms. The summed E-state index contributed by atoms with van der Waals surface area (Å²) >= 11 is 9.29. The molecule has 0 bridgehead atoms. The summed E-state index contributed by atoms with van der Waals surface area (Å²) < 4.78 is 5.37. The third-order valence-corrected chi connectivity index (χ3v) is 3.22. The highest BCUT2D eigenvalue weighted by molar-refractivity contribution is 9.10. The zero-order chi connectivity index (χ0) is 13.0. The average molecular weight is 320 g/mol. The Kier molecular flexibility index (Phi) is 5.15. The Morgan fingerprint density at radius 1 is 1.41 bits per heavy atom. The monoisotopic (exact) mass is 318 g/mol. The lowest BCUT2D eigenvalue weighted by molar-refractivity contribution is -0.139. The van der Waals surface area contributed by atoms with Crippen LogP contribution in [0, 0.1) is 0 Å². The molecule has 92 valence electrons. The lowest BCUT2D eigenvalue weighted by Gasteiger charge is -2.09. The van der Waals surface area contributed by atoms with E-state index in [1.807, 2.05) is 0 Å². The van der Waals surface area contributed by atoms with Crippen LogP contribution in [-0.2, 0) is 20.7 Å². The highest BCUT2D eigenvalue weighted by Crippen LogP contribution is 2.26. The molecular formula is C12H12BrClO3. The number of carbonyl (C=O) groups excluding carboxylic acids is 2. The van der Waals surface area contributed by atoms with Crippen molar-refractivity contribution in [2.24, 2.45) is 0 Å². The van der Waals surface area contributed by atoms with Crippen LogP contribution in [0.4, 0.5) is 0 Å². The van der Waals surface area contributed by atoms with Crippen LogP contribution in [0.1, 0.15) is 23.4 Å². The maximum Gasteiger partial charge on any atom is 0.309 e. The first-order valence-corrected chi connectivity index (χ1v) is 6.17. The van der Waals surface area contributed by atoms with E-state index in [0.717, 1.165) is 10.0 Å². The molecule has 5 heteroatoms. The van der Waals surface area contributed by atoms with Gasteiger partial charge in [0.15, 0.2) is 5.78 Å². The molecule has 0 amide bonds. The summed E-state index contributed by atoms with van der Waals surface area (Å²) in [6.07, 6.45) is 0.157. The van der Waals surface area contributed by atoms with E-state index in [9.17, 15) is 9.59 Å². The van der Waals surface area contributed by atoms with Gasteiger partial charge < -0.3 is 4.74 Å². The molecule has 0 aliphatic carbocycles. The minimum atomic E-state index is -0.691. The van der Waals surface area contributed by atoms with Crippen LogP contribution >= 0.6 is 27.5 Å². The minimum Gasteiger partial charge on any atom is -0.469 e. The molecule has 3 nitrogen and oxygen atoms in total. The summed E-state index contributed by atoms with van der Waals surface area (Å²) in [6.45, 7) is 1.43. The van der Waals surface area contributed by atoms with Gasteiger partial charge in [-0.15, -0.1) is 11.6 Å². The maximum atomic E-state index is 11.2. The highest BCUT2D eigenvalue weighted by atomic mass is 79.9. The Hall–Kier alpha value is -0.870. The van der Waals surface area contributed by atoms with Crippen molar-refractivity contribution >= 4 is 39.3 Å². The van der Waals surface area contributed by atoms with Gasteiger partial charge in [0.2, 0.25) is 0 Å². The molecule has 0 aliphatic heterocycles. The number of rotatable bonds is 4. The lowest BCUT2D eigenvalue weighted by Crippen LogP contribution is -2.07. The summed E-state index contributed by atoms with van der Waals surface area (Å²) in [5.41, 5.74) is 1.43. The molecule has 0 radical (unpaired) electrons. The molecule has 0 heterocycles. The van der Waals surface area contributed by atoms with Crippen molar-refractivity contribution in [2.75, 3.05) is 7.11 Å². The Balaban J connectivity index is 3.01. The van der Waals surface area contributed by atoms with E-state index in [0.29, 0.717) is 5.56 Å². The van der Waals surface area contributed by atoms with Crippen molar-refractivity contribution in [1.82, 2.24) is 0 Å². The van der Waals surface area contributed by atoms with Gasteiger partial charge in [-0.3, -0.25) is 9.59 Å². The topological polar surface area (TPSA) is 43.4 Å². The maximum absolute atomic E-state index is 11.2. The number of ketones is 1. The minimum absolute atomic E-state index is 0.131. The standard InChI is InChI=1S/C12H12BrClO3/c1-7(15)12(14)9-3-8(4-10(13)6-9)5-11(16)17-2/h3-4,6,12H,5H2,1-2H3. The molecule has 1 aromatic carbocycles. The van der Waals surface area contributed by atoms with E-state index < -0.39 is 5.38 Å². The van der Waals surface area contributed by atoms with Gasteiger partial charge in [-0.1, -0.05) is 22.0 Å². The second kappa shape index (κ2) is 6.17. The van der Waals surface area contributed by atoms with E-state index in [1.54, 1.807) is 18.2 Å². The zero-order valence-electron chi connectivity index (χ0n) is 9.50. The van der Waals surface area contributed by atoms with Crippen molar-refractivity contribution in [2.45, 2.75) is 18.7 Å². The van der Waals surface area contributed by atoms with Gasteiger partial charge >= 0.3 is 5.97 Å². The molecule has 0 spiro atoms. The molecule has 1 rings (SSSR count). The molecule has 0 aliphatic rings. The first-order valence-electron chi connectivity index (χ1n) is 4.94. The normalized spacial score (nSPS) is 12.0. The van der Waals surface area contributed by atoms with E-state index in [4.69, 9.17) is 11.6 Å². The smallest absolute Gasteiger partial charge is 0.309 e. The van der Waals surface area contributed by atoms with Crippen molar-refractivity contribution in [1.29, 1.82) is 0 Å². The molecule has 1 atom stereocenters. The molecule has 0 N–H and O–H groups in total. The molecule has 0 saturated heterocycles. The van der Waals surface area contributed by atoms with Crippen molar-refractivity contribution < 1.29 is 14.3 Å². The Morgan fingerprint density at radius 3 is 2.59 bits per heavy atom. The van der Waals surface area contributed by atoms with Gasteiger partial charge in [0, 0.05) is 4.47 Å². The van der Waals surface area contributed by atoms with Crippen molar-refractivity contribution in [3.63, 3.8) is 0 Å². The van der Waals surface area contributed by atoms with E-state index >= 15 is 0 Å². The Morgan fingerprint density at radius 2 is 2.06 bits per heavy atom. The Labute approximate surface area is 113 Å². The fraction of sp³-hybridized carbons (Fsp3) is 0.333. The number of alkyl halides is 1.